The molecule has 47 heavy (non-hydrogen) atoms. The van der Waals surface area contributed by atoms with Gasteiger partial charge in [-0.3, -0.25) is 4.79 Å². The smallest absolute Gasteiger partial charge is 0.410 e. The Morgan fingerprint density at radius 1 is 1.11 bits per heavy atom. The Bertz CT molecular complexity index is 1710. The summed E-state index contributed by atoms with van der Waals surface area (Å²) in [4.78, 5) is 47.5. The summed E-state index contributed by atoms with van der Waals surface area (Å²) >= 11 is 6.84. The van der Waals surface area contributed by atoms with Crippen molar-refractivity contribution in [2.24, 2.45) is 0 Å². The zero-order valence-corrected chi connectivity index (χ0v) is 28.4. The van der Waals surface area contributed by atoms with Gasteiger partial charge in [-0.15, -0.1) is 0 Å². The predicted octanol–water partition coefficient (Wildman–Crippen LogP) is 7.03. The summed E-state index contributed by atoms with van der Waals surface area (Å²) < 4.78 is 26.9. The van der Waals surface area contributed by atoms with E-state index in [1.54, 1.807) is 16.4 Å². The molecular formula is C36H42ClFN4O5. The number of aryl methyl sites for hydroxylation is 1. The summed E-state index contributed by atoms with van der Waals surface area (Å²) in [6, 6.07) is 8.98. The van der Waals surface area contributed by atoms with Gasteiger partial charge < -0.3 is 23.8 Å². The fourth-order valence-electron chi connectivity index (χ4n) is 7.08. The second-order valence-corrected chi connectivity index (χ2v) is 14.0. The van der Waals surface area contributed by atoms with Crippen molar-refractivity contribution in [3.05, 3.63) is 75.3 Å². The number of amides is 2. The number of hydrogen-bond acceptors (Lipinski definition) is 6. The van der Waals surface area contributed by atoms with Gasteiger partial charge in [0.2, 0.25) is 0 Å². The third kappa shape index (κ3) is 6.49. The number of imidazole rings is 1. The number of carbonyl (C=O) groups excluding carboxylic acids is 3. The summed E-state index contributed by atoms with van der Waals surface area (Å²) in [7, 11) is 0. The first-order valence-electron chi connectivity index (χ1n) is 16.5. The maximum atomic E-state index is 14.3. The number of likely N-dealkylation sites (tertiary alicyclic amines) is 1. The van der Waals surface area contributed by atoms with Crippen LogP contribution in [0, 0.1) is 0 Å². The zero-order chi connectivity index (χ0) is 33.6. The van der Waals surface area contributed by atoms with E-state index in [-0.39, 0.29) is 38.1 Å². The number of piperidine rings is 1. The van der Waals surface area contributed by atoms with Crippen molar-refractivity contribution in [2.45, 2.75) is 97.1 Å². The lowest BCUT2D eigenvalue weighted by Crippen LogP contribution is -2.41. The normalized spacial score (nSPS) is 18.7. The topological polar surface area (TPSA) is 94.0 Å². The number of ether oxygens (including phenoxy) is 2. The second-order valence-electron chi connectivity index (χ2n) is 13.6. The van der Waals surface area contributed by atoms with Gasteiger partial charge in [-0.05, 0) is 87.3 Å². The lowest BCUT2D eigenvalue weighted by atomic mass is 9.84. The first-order valence-corrected chi connectivity index (χ1v) is 16.8. The van der Waals surface area contributed by atoms with Gasteiger partial charge in [-0.2, -0.15) is 0 Å². The molecule has 250 valence electrons. The van der Waals surface area contributed by atoms with Gasteiger partial charge in [0.15, 0.2) is 6.04 Å². The second kappa shape index (κ2) is 12.9. The van der Waals surface area contributed by atoms with Crippen molar-refractivity contribution < 1.29 is 28.2 Å². The first-order chi connectivity index (χ1) is 22.4. The summed E-state index contributed by atoms with van der Waals surface area (Å²) in [5.41, 5.74) is 5.73. The average Bonchev–Trinajstić information content (AvgIpc) is 3.69. The van der Waals surface area contributed by atoms with Crippen LogP contribution in [-0.4, -0.2) is 68.8 Å². The van der Waals surface area contributed by atoms with E-state index >= 15 is 0 Å². The number of esters is 1. The summed E-state index contributed by atoms with van der Waals surface area (Å²) in [6.07, 6.45) is 2.86. The van der Waals surface area contributed by atoms with Crippen LogP contribution in [0.5, 0.6) is 0 Å². The van der Waals surface area contributed by atoms with Gasteiger partial charge in [0.1, 0.15) is 11.8 Å². The van der Waals surface area contributed by atoms with E-state index in [1.165, 1.54) is 22.4 Å². The fourth-order valence-corrected chi connectivity index (χ4v) is 7.35. The Kier molecular flexibility index (Phi) is 9.09. The molecule has 0 saturated carbocycles. The molecule has 0 aliphatic carbocycles. The molecule has 0 bridgehead atoms. The molecule has 0 radical (unpaired) electrons. The van der Waals surface area contributed by atoms with Crippen LogP contribution in [0.1, 0.15) is 97.9 Å². The van der Waals surface area contributed by atoms with Crippen molar-refractivity contribution in [1.29, 1.82) is 0 Å². The summed E-state index contributed by atoms with van der Waals surface area (Å²) in [5, 5.41) is 0.437. The highest BCUT2D eigenvalue weighted by molar-refractivity contribution is 6.32. The van der Waals surface area contributed by atoms with Crippen LogP contribution in [0.25, 0.3) is 11.1 Å². The van der Waals surface area contributed by atoms with Crippen molar-refractivity contribution in [1.82, 2.24) is 19.4 Å². The number of nitrogens with zero attached hydrogens (tertiary/aromatic N) is 4. The highest BCUT2D eigenvalue weighted by atomic mass is 35.5. The van der Waals surface area contributed by atoms with E-state index in [1.807, 2.05) is 32.9 Å². The monoisotopic (exact) mass is 664 g/mol. The molecule has 3 aliphatic heterocycles. The molecule has 1 unspecified atom stereocenters. The van der Waals surface area contributed by atoms with Gasteiger partial charge in [-0.1, -0.05) is 36.7 Å². The minimum absolute atomic E-state index is 0.114. The number of fused-ring (bicyclic) bond motifs is 2. The van der Waals surface area contributed by atoms with Crippen LogP contribution in [0.3, 0.4) is 0 Å². The van der Waals surface area contributed by atoms with Crippen LogP contribution in [0.2, 0.25) is 5.02 Å². The molecule has 3 aromatic rings. The Labute approximate surface area is 280 Å². The zero-order valence-electron chi connectivity index (χ0n) is 27.6. The van der Waals surface area contributed by atoms with E-state index in [9.17, 15) is 18.8 Å². The lowest BCUT2D eigenvalue weighted by molar-refractivity contribution is -0.149. The molecule has 9 nitrogen and oxygen atoms in total. The van der Waals surface area contributed by atoms with Gasteiger partial charge in [-0.25, -0.2) is 19.0 Å². The highest BCUT2D eigenvalue weighted by Gasteiger charge is 2.43. The molecule has 4 heterocycles. The van der Waals surface area contributed by atoms with Crippen molar-refractivity contribution >= 4 is 29.6 Å². The van der Waals surface area contributed by atoms with Gasteiger partial charge in [0.05, 0.1) is 25.2 Å². The Morgan fingerprint density at radius 3 is 2.53 bits per heavy atom. The minimum Gasteiger partial charge on any atom is -0.464 e. The molecule has 2 amide bonds. The maximum Gasteiger partial charge on any atom is 0.410 e. The molecule has 6 rings (SSSR count). The van der Waals surface area contributed by atoms with E-state index in [4.69, 9.17) is 21.1 Å². The SMILES string of the molecule is CCOC(=O)C(c1ncn2c1C[C@@H](F)C2)N1Cc2c(Cl)cc(-c3ccc(C4CCN(C(=O)OC(C)(C)C)CC4)c(CC)c3)cc2C1=O. The van der Waals surface area contributed by atoms with Gasteiger partial charge in [0.25, 0.3) is 5.91 Å². The third-order valence-corrected chi connectivity index (χ3v) is 9.66. The fraction of sp³-hybridized carbons (Fsp3) is 0.500. The lowest BCUT2D eigenvalue weighted by Gasteiger charge is -2.34. The molecule has 0 spiro atoms. The molecule has 3 aliphatic rings. The quantitative estimate of drug-likeness (QED) is 0.252. The molecule has 1 saturated heterocycles. The third-order valence-electron chi connectivity index (χ3n) is 9.33. The largest absolute Gasteiger partial charge is 0.464 e. The van der Waals surface area contributed by atoms with Crippen LogP contribution in [0.15, 0.2) is 36.7 Å². The highest BCUT2D eigenvalue weighted by Crippen LogP contribution is 2.41. The summed E-state index contributed by atoms with van der Waals surface area (Å²) in [6.45, 7) is 11.2. The Hall–Kier alpha value is -3.92. The van der Waals surface area contributed by atoms with E-state index < -0.39 is 23.8 Å². The van der Waals surface area contributed by atoms with Crippen LogP contribution >= 0.6 is 11.6 Å². The van der Waals surface area contributed by atoms with Crippen molar-refractivity contribution in [2.75, 3.05) is 19.7 Å². The van der Waals surface area contributed by atoms with Gasteiger partial charge in [0, 0.05) is 47.9 Å². The molecule has 1 fully saturated rings. The molecular weight excluding hydrogens is 623 g/mol. The number of alkyl halides is 1. The Morgan fingerprint density at radius 2 is 1.85 bits per heavy atom. The minimum atomic E-state index is -1.11. The molecule has 2 atom stereocenters. The number of halogens is 2. The van der Waals surface area contributed by atoms with E-state index in [0.717, 1.165) is 30.4 Å². The van der Waals surface area contributed by atoms with E-state index in [2.05, 4.69) is 30.1 Å². The number of carbonyl (C=O) groups is 3. The van der Waals surface area contributed by atoms with Crippen LogP contribution in [-0.2, 0) is 40.2 Å². The molecule has 1 aromatic heterocycles. The molecule has 2 aromatic carbocycles. The number of aromatic nitrogens is 2. The van der Waals surface area contributed by atoms with E-state index in [0.29, 0.717) is 46.5 Å². The number of rotatable bonds is 7. The number of hydrogen-bond donors (Lipinski definition) is 0. The maximum absolute atomic E-state index is 14.3. The van der Waals surface area contributed by atoms with Gasteiger partial charge >= 0.3 is 12.1 Å². The molecule has 0 N–H and O–H groups in total. The predicted molar refractivity (Wildman–Crippen MR) is 176 cm³/mol. The average molecular weight is 665 g/mol. The Balaban J connectivity index is 1.24. The van der Waals surface area contributed by atoms with Crippen molar-refractivity contribution in [3.63, 3.8) is 0 Å². The molecule has 11 heteroatoms. The first kappa shape index (κ1) is 33.0. The summed E-state index contributed by atoms with van der Waals surface area (Å²) in [5.74, 6) is -0.621. The van der Waals surface area contributed by atoms with Crippen LogP contribution in [0.4, 0.5) is 9.18 Å². The van der Waals surface area contributed by atoms with Crippen molar-refractivity contribution in [3.8, 4) is 11.1 Å². The van der Waals surface area contributed by atoms with Crippen LogP contribution < -0.4 is 0 Å². The number of benzene rings is 2. The standard InChI is InChI=1S/C36H42ClFN4O5/c1-6-21-14-23(8-9-26(21)22-10-12-40(13-11-22)35(45)47-36(3,4)5)24-15-27-28(29(37)16-24)19-42(33(27)43)32(34(44)46-7-2)31-30-17-25(38)18-41(30)20-39-31/h8-9,14-16,20,22,25,32H,6-7,10-13,17-19H2,1-5H3/t25-,32?/m1/s1.